The Morgan fingerprint density at radius 1 is 1.30 bits per heavy atom. The number of rotatable bonds is 5. The Morgan fingerprint density at radius 3 is 2.55 bits per heavy atom. The molecule has 0 radical (unpaired) electrons. The summed E-state index contributed by atoms with van der Waals surface area (Å²) >= 11 is 0. The van der Waals surface area contributed by atoms with Crippen molar-refractivity contribution in [3.05, 3.63) is 0 Å². The van der Waals surface area contributed by atoms with E-state index in [9.17, 15) is 14.7 Å². The highest BCUT2D eigenvalue weighted by atomic mass is 16.4. The predicted molar refractivity (Wildman–Crippen MR) is 75.5 cm³/mol. The van der Waals surface area contributed by atoms with Gasteiger partial charge in [-0.1, -0.05) is 26.7 Å². The van der Waals surface area contributed by atoms with Gasteiger partial charge < -0.3 is 20.0 Å². The van der Waals surface area contributed by atoms with Gasteiger partial charge in [0.05, 0.1) is 12.6 Å². The van der Waals surface area contributed by atoms with Gasteiger partial charge >= 0.3 is 12.0 Å². The highest BCUT2D eigenvalue weighted by molar-refractivity contribution is 5.80. The molecule has 2 N–H and O–H groups in total. The highest BCUT2D eigenvalue weighted by Crippen LogP contribution is 2.18. The van der Waals surface area contributed by atoms with E-state index in [-0.39, 0.29) is 31.1 Å². The van der Waals surface area contributed by atoms with Crippen molar-refractivity contribution in [2.24, 2.45) is 5.92 Å². The van der Waals surface area contributed by atoms with Gasteiger partial charge in [-0.05, 0) is 18.8 Å². The number of hydrogen-bond acceptors (Lipinski definition) is 3. The molecule has 0 saturated carbocycles. The van der Waals surface area contributed by atoms with Crippen LogP contribution in [0.4, 0.5) is 4.79 Å². The van der Waals surface area contributed by atoms with Gasteiger partial charge in [0.2, 0.25) is 0 Å². The normalized spacial score (nSPS) is 19.8. The first-order chi connectivity index (χ1) is 9.45. The van der Waals surface area contributed by atoms with Crippen LogP contribution in [0.25, 0.3) is 0 Å². The minimum atomic E-state index is -1.01. The first-order valence-electron chi connectivity index (χ1n) is 7.34. The lowest BCUT2D eigenvalue weighted by Crippen LogP contribution is -2.51. The molecule has 1 rings (SSSR count). The monoisotopic (exact) mass is 286 g/mol. The maximum Gasteiger partial charge on any atom is 0.323 e. The summed E-state index contributed by atoms with van der Waals surface area (Å²) in [5, 5.41) is 18.4. The summed E-state index contributed by atoms with van der Waals surface area (Å²) in [7, 11) is 0. The van der Waals surface area contributed by atoms with E-state index in [0.717, 1.165) is 25.7 Å². The molecule has 6 nitrogen and oxygen atoms in total. The minimum Gasteiger partial charge on any atom is -0.480 e. The van der Waals surface area contributed by atoms with Crippen LogP contribution >= 0.6 is 0 Å². The first-order valence-corrected chi connectivity index (χ1v) is 7.34. The summed E-state index contributed by atoms with van der Waals surface area (Å²) in [5.74, 6) is -0.799. The summed E-state index contributed by atoms with van der Waals surface area (Å²) < 4.78 is 0. The van der Waals surface area contributed by atoms with Crippen LogP contribution in [0, 0.1) is 5.92 Å². The van der Waals surface area contributed by atoms with Crippen molar-refractivity contribution in [3.8, 4) is 0 Å². The fourth-order valence-electron chi connectivity index (χ4n) is 2.61. The van der Waals surface area contributed by atoms with E-state index < -0.39 is 5.97 Å². The third-order valence-corrected chi connectivity index (χ3v) is 3.52. The molecular formula is C14H26N2O4. The maximum atomic E-state index is 12.6. The Kier molecular flexibility index (Phi) is 6.78. The summed E-state index contributed by atoms with van der Waals surface area (Å²) in [6, 6.07) is -0.449. The standard InChI is InChI=1S/C14H26N2O4/c1-11(2)8-15(9-13(18)19)14(20)16-7-5-3-4-6-12(16)10-17/h11-12,17H,3-10H2,1-2H3,(H,18,19). The van der Waals surface area contributed by atoms with E-state index in [4.69, 9.17) is 5.11 Å². The van der Waals surface area contributed by atoms with Crippen molar-refractivity contribution in [1.82, 2.24) is 9.80 Å². The van der Waals surface area contributed by atoms with Gasteiger partial charge in [-0.2, -0.15) is 0 Å². The average Bonchev–Trinajstić information content (AvgIpc) is 2.60. The number of urea groups is 1. The van der Waals surface area contributed by atoms with E-state index in [2.05, 4.69) is 0 Å². The number of amides is 2. The van der Waals surface area contributed by atoms with Crippen molar-refractivity contribution < 1.29 is 19.8 Å². The topological polar surface area (TPSA) is 81.1 Å². The van der Waals surface area contributed by atoms with Crippen molar-refractivity contribution in [2.45, 2.75) is 45.6 Å². The number of aliphatic carboxylic acids is 1. The lowest BCUT2D eigenvalue weighted by molar-refractivity contribution is -0.137. The third-order valence-electron chi connectivity index (χ3n) is 3.52. The number of aliphatic hydroxyl groups excluding tert-OH is 1. The number of nitrogens with zero attached hydrogens (tertiary/aromatic N) is 2. The molecule has 1 heterocycles. The molecule has 0 aromatic carbocycles. The molecule has 0 aromatic rings. The Bertz CT molecular complexity index is 333. The molecule has 1 unspecified atom stereocenters. The van der Waals surface area contributed by atoms with Gasteiger partial charge in [0, 0.05) is 13.1 Å². The second-order valence-electron chi connectivity index (χ2n) is 5.83. The number of carbonyl (C=O) groups is 2. The van der Waals surface area contributed by atoms with Crippen LogP contribution in [-0.4, -0.2) is 64.3 Å². The highest BCUT2D eigenvalue weighted by Gasteiger charge is 2.29. The lowest BCUT2D eigenvalue weighted by Gasteiger charge is -2.34. The SMILES string of the molecule is CC(C)CN(CC(=O)O)C(=O)N1CCCCCC1CO. The van der Waals surface area contributed by atoms with E-state index in [0.29, 0.717) is 13.1 Å². The van der Waals surface area contributed by atoms with E-state index in [1.165, 1.54) is 4.90 Å². The quantitative estimate of drug-likeness (QED) is 0.800. The van der Waals surface area contributed by atoms with Gasteiger partial charge in [-0.15, -0.1) is 0 Å². The fourth-order valence-corrected chi connectivity index (χ4v) is 2.61. The number of carbonyl (C=O) groups excluding carboxylic acids is 1. The number of carboxylic acid groups (broad SMARTS) is 1. The van der Waals surface area contributed by atoms with E-state index in [1.54, 1.807) is 4.90 Å². The molecular weight excluding hydrogens is 260 g/mol. The zero-order chi connectivity index (χ0) is 15.1. The molecule has 1 aliphatic heterocycles. The largest absolute Gasteiger partial charge is 0.480 e. The van der Waals surface area contributed by atoms with Gasteiger partial charge in [0.15, 0.2) is 0 Å². The summed E-state index contributed by atoms with van der Waals surface area (Å²) in [4.78, 5) is 26.5. The Morgan fingerprint density at radius 2 is 2.00 bits per heavy atom. The van der Waals surface area contributed by atoms with Crippen molar-refractivity contribution >= 4 is 12.0 Å². The molecule has 20 heavy (non-hydrogen) atoms. The van der Waals surface area contributed by atoms with Gasteiger partial charge in [0.1, 0.15) is 6.54 Å². The number of likely N-dealkylation sites (tertiary alicyclic amines) is 1. The van der Waals surface area contributed by atoms with Gasteiger partial charge in [-0.25, -0.2) is 4.79 Å². The average molecular weight is 286 g/mol. The maximum absolute atomic E-state index is 12.6. The summed E-state index contributed by atoms with van der Waals surface area (Å²) in [6.45, 7) is 4.57. The predicted octanol–water partition coefficient (Wildman–Crippen LogP) is 1.39. The van der Waals surface area contributed by atoms with Crippen molar-refractivity contribution in [2.75, 3.05) is 26.2 Å². The number of carboxylic acids is 1. The Labute approximate surface area is 120 Å². The first kappa shape index (κ1) is 16.8. The van der Waals surface area contributed by atoms with Crippen LogP contribution in [0.3, 0.4) is 0 Å². The van der Waals surface area contributed by atoms with Crippen LogP contribution in [-0.2, 0) is 4.79 Å². The van der Waals surface area contributed by atoms with Crippen LogP contribution < -0.4 is 0 Å². The second-order valence-corrected chi connectivity index (χ2v) is 5.83. The summed E-state index contributed by atoms with van der Waals surface area (Å²) in [6.07, 6.45) is 3.73. The molecule has 2 amide bonds. The van der Waals surface area contributed by atoms with Gasteiger partial charge in [-0.3, -0.25) is 4.79 Å². The van der Waals surface area contributed by atoms with E-state index >= 15 is 0 Å². The smallest absolute Gasteiger partial charge is 0.323 e. The lowest BCUT2D eigenvalue weighted by atomic mass is 10.1. The number of hydrogen-bond donors (Lipinski definition) is 2. The Hall–Kier alpha value is -1.30. The van der Waals surface area contributed by atoms with Gasteiger partial charge in [0.25, 0.3) is 0 Å². The molecule has 6 heteroatoms. The second kappa shape index (κ2) is 8.09. The Balaban J connectivity index is 2.81. The molecule has 1 fully saturated rings. The van der Waals surface area contributed by atoms with Crippen LogP contribution in [0.5, 0.6) is 0 Å². The van der Waals surface area contributed by atoms with Crippen molar-refractivity contribution in [1.29, 1.82) is 0 Å². The molecule has 0 bridgehead atoms. The molecule has 0 spiro atoms. The van der Waals surface area contributed by atoms with Crippen LogP contribution in [0.2, 0.25) is 0 Å². The fraction of sp³-hybridized carbons (Fsp3) is 0.857. The zero-order valence-electron chi connectivity index (χ0n) is 12.4. The van der Waals surface area contributed by atoms with Crippen molar-refractivity contribution in [3.63, 3.8) is 0 Å². The van der Waals surface area contributed by atoms with Crippen LogP contribution in [0.1, 0.15) is 39.5 Å². The number of aliphatic hydroxyl groups is 1. The molecule has 0 aliphatic carbocycles. The minimum absolute atomic E-state index is 0.0612. The zero-order valence-corrected chi connectivity index (χ0v) is 12.4. The molecule has 0 aromatic heterocycles. The summed E-state index contributed by atoms with van der Waals surface area (Å²) in [5.41, 5.74) is 0. The van der Waals surface area contributed by atoms with E-state index in [1.807, 2.05) is 13.8 Å². The molecule has 1 aliphatic rings. The van der Waals surface area contributed by atoms with Crippen LogP contribution in [0.15, 0.2) is 0 Å². The third kappa shape index (κ3) is 5.00. The molecule has 1 saturated heterocycles. The molecule has 116 valence electrons. The molecule has 1 atom stereocenters.